The van der Waals surface area contributed by atoms with E-state index in [1.165, 1.54) is 257 Å². The first-order chi connectivity index (χ1) is 40.1. The molecule has 12 atom stereocenters. The first-order valence-corrected chi connectivity index (χ1v) is 34.9. The van der Waals surface area contributed by atoms with Gasteiger partial charge in [0.15, 0.2) is 12.6 Å². The normalized spacial score (nSPS) is 23.9. The van der Waals surface area contributed by atoms with Gasteiger partial charge in [0.2, 0.25) is 5.91 Å². The molecule has 0 spiro atoms. The number of ether oxygens (including phenoxy) is 4. The van der Waals surface area contributed by atoms with Crippen LogP contribution in [-0.2, 0) is 23.7 Å². The molecule has 2 aliphatic heterocycles. The molecule has 1 amide bonds. The Hall–Kier alpha value is -1.27. The fraction of sp³-hybridized carbons (Fsp3) is 0.956. The molecule has 2 aliphatic rings. The highest BCUT2D eigenvalue weighted by atomic mass is 16.7. The van der Waals surface area contributed by atoms with Gasteiger partial charge < -0.3 is 65.1 Å². The first kappa shape index (κ1) is 76.8. The summed E-state index contributed by atoms with van der Waals surface area (Å²) in [6, 6.07) is -0.909. The van der Waals surface area contributed by atoms with Crippen molar-refractivity contribution in [1.29, 1.82) is 0 Å². The average molecular weight is 1170 g/mol. The number of aliphatic hydroxyl groups is 8. The Kier molecular flexibility index (Phi) is 50.5. The number of carbonyl (C=O) groups excluding carboxylic acids is 1. The van der Waals surface area contributed by atoms with E-state index in [0.29, 0.717) is 6.42 Å². The molecule has 0 saturated carbocycles. The molecule has 0 aromatic carbocycles. The number of hydrogen-bond donors (Lipinski definition) is 9. The summed E-state index contributed by atoms with van der Waals surface area (Å²) in [6.07, 6.45) is 48.8. The van der Waals surface area contributed by atoms with Crippen LogP contribution < -0.4 is 5.32 Å². The monoisotopic (exact) mass is 1170 g/mol. The summed E-state index contributed by atoms with van der Waals surface area (Å²) < 4.78 is 22.8. The van der Waals surface area contributed by atoms with Gasteiger partial charge in [0.05, 0.1) is 32.0 Å². The van der Waals surface area contributed by atoms with Crippen molar-refractivity contribution in [2.75, 3.05) is 19.8 Å². The number of nitrogens with one attached hydrogen (secondary N) is 1. The van der Waals surface area contributed by atoms with E-state index in [1.807, 2.05) is 6.08 Å². The third kappa shape index (κ3) is 38.1. The van der Waals surface area contributed by atoms with Crippen molar-refractivity contribution in [3.63, 3.8) is 0 Å². The zero-order valence-electron chi connectivity index (χ0n) is 52.8. The highest BCUT2D eigenvalue weighted by molar-refractivity contribution is 5.76. The van der Waals surface area contributed by atoms with Gasteiger partial charge in [-0.2, -0.15) is 0 Å². The number of rotatable bonds is 58. The van der Waals surface area contributed by atoms with Gasteiger partial charge in [0.1, 0.15) is 48.8 Å². The molecule has 2 heterocycles. The smallest absolute Gasteiger partial charge is 0.220 e. The lowest BCUT2D eigenvalue weighted by atomic mass is 9.97. The summed E-state index contributed by atoms with van der Waals surface area (Å²) >= 11 is 0. The van der Waals surface area contributed by atoms with Gasteiger partial charge in [-0.3, -0.25) is 4.79 Å². The van der Waals surface area contributed by atoms with Crippen molar-refractivity contribution in [3.8, 4) is 0 Å². The van der Waals surface area contributed by atoms with Gasteiger partial charge in [-0.05, 0) is 19.3 Å². The van der Waals surface area contributed by atoms with Crippen LogP contribution in [0.2, 0.25) is 0 Å². The maximum atomic E-state index is 13.3. The largest absolute Gasteiger partial charge is 0.394 e. The number of amides is 1. The molecule has 2 fully saturated rings. The van der Waals surface area contributed by atoms with Gasteiger partial charge in [-0.1, -0.05) is 309 Å². The van der Waals surface area contributed by atoms with Gasteiger partial charge in [-0.15, -0.1) is 0 Å². The van der Waals surface area contributed by atoms with E-state index in [4.69, 9.17) is 18.9 Å². The van der Waals surface area contributed by atoms with Crippen LogP contribution in [0.25, 0.3) is 0 Å². The van der Waals surface area contributed by atoms with E-state index >= 15 is 0 Å². The summed E-state index contributed by atoms with van der Waals surface area (Å²) in [5.41, 5.74) is 0. The minimum absolute atomic E-state index is 0.233. The molecule has 14 nitrogen and oxygen atoms in total. The number of unbranched alkanes of at least 4 members (excludes halogenated alkanes) is 45. The Morgan fingerprint density at radius 2 is 0.756 bits per heavy atom. The summed E-state index contributed by atoms with van der Waals surface area (Å²) in [5.74, 6) is -0.233. The highest BCUT2D eigenvalue weighted by Gasteiger charge is 2.51. The number of aliphatic hydroxyl groups excluding tert-OH is 8. The maximum absolute atomic E-state index is 13.3. The second-order valence-electron chi connectivity index (χ2n) is 25.0. The number of hydrogen-bond acceptors (Lipinski definition) is 13. The number of carbonyl (C=O) groups is 1. The van der Waals surface area contributed by atoms with Crippen molar-refractivity contribution >= 4 is 5.91 Å². The zero-order chi connectivity index (χ0) is 59.5. The van der Waals surface area contributed by atoms with Crippen molar-refractivity contribution in [1.82, 2.24) is 5.32 Å². The molecule has 0 aliphatic carbocycles. The fourth-order valence-electron chi connectivity index (χ4n) is 11.9. The Labute approximate surface area is 501 Å². The number of allylic oxidation sites excluding steroid dienone is 1. The predicted molar refractivity (Wildman–Crippen MR) is 332 cm³/mol. The lowest BCUT2D eigenvalue weighted by molar-refractivity contribution is -0.359. The van der Waals surface area contributed by atoms with Crippen LogP contribution in [0.15, 0.2) is 12.2 Å². The summed E-state index contributed by atoms with van der Waals surface area (Å²) in [4.78, 5) is 13.3. The Morgan fingerprint density at radius 1 is 0.427 bits per heavy atom. The molecule has 12 unspecified atom stereocenters. The van der Waals surface area contributed by atoms with Gasteiger partial charge >= 0.3 is 0 Å². The Bertz CT molecular complexity index is 1420. The SMILES string of the molecule is CCCCCCCCCCCC/C=C/C(O)C(COC1OC(CO)C(OC2OC(CO)C(O)C(O)C2O)C(O)C1O)NC(=O)CCCCCCCCCCCCCCCCCCCCCCCCCCCCCCCCCCCCCC. The molecule has 0 aromatic rings. The minimum atomic E-state index is -1.79. The molecule has 2 saturated heterocycles. The Balaban J connectivity index is 1.55. The van der Waals surface area contributed by atoms with Crippen molar-refractivity contribution < 1.29 is 64.6 Å². The zero-order valence-corrected chi connectivity index (χ0v) is 52.8. The van der Waals surface area contributed by atoms with Crippen LogP contribution in [0, 0.1) is 0 Å². The minimum Gasteiger partial charge on any atom is -0.394 e. The second-order valence-corrected chi connectivity index (χ2v) is 25.0. The van der Waals surface area contributed by atoms with Crippen molar-refractivity contribution in [2.45, 2.75) is 396 Å². The first-order valence-electron chi connectivity index (χ1n) is 34.9. The van der Waals surface area contributed by atoms with Crippen molar-refractivity contribution in [3.05, 3.63) is 12.2 Å². The summed E-state index contributed by atoms with van der Waals surface area (Å²) in [6.45, 7) is 2.82. The third-order valence-electron chi connectivity index (χ3n) is 17.5. The topological polar surface area (TPSA) is 228 Å². The van der Waals surface area contributed by atoms with E-state index in [0.717, 1.165) is 38.5 Å². The van der Waals surface area contributed by atoms with Crippen LogP contribution >= 0.6 is 0 Å². The molecule has 0 aromatic heterocycles. The second kappa shape index (κ2) is 53.9. The molecule has 82 heavy (non-hydrogen) atoms. The lowest BCUT2D eigenvalue weighted by Crippen LogP contribution is -2.65. The third-order valence-corrected chi connectivity index (χ3v) is 17.5. The highest BCUT2D eigenvalue weighted by Crippen LogP contribution is 2.30. The maximum Gasteiger partial charge on any atom is 0.220 e. The average Bonchev–Trinajstić information content (AvgIpc) is 3.57. The molecular formula is C68H131NO13. The van der Waals surface area contributed by atoms with Gasteiger partial charge in [0.25, 0.3) is 0 Å². The van der Waals surface area contributed by atoms with Gasteiger partial charge in [-0.25, -0.2) is 0 Å². The molecule has 486 valence electrons. The predicted octanol–water partition coefficient (Wildman–Crippen LogP) is 13.8. The van der Waals surface area contributed by atoms with E-state index in [-0.39, 0.29) is 18.9 Å². The summed E-state index contributed by atoms with van der Waals surface area (Å²) in [7, 11) is 0. The molecular weight excluding hydrogens is 1040 g/mol. The lowest BCUT2D eigenvalue weighted by Gasteiger charge is -2.46. The molecule has 14 heteroatoms. The quantitative estimate of drug-likeness (QED) is 0.0204. The summed E-state index contributed by atoms with van der Waals surface area (Å²) in [5, 5.41) is 87.1. The van der Waals surface area contributed by atoms with Crippen LogP contribution in [0.1, 0.15) is 322 Å². The van der Waals surface area contributed by atoms with Crippen LogP contribution in [0.5, 0.6) is 0 Å². The molecule has 0 radical (unpaired) electrons. The molecule has 2 rings (SSSR count). The fourth-order valence-corrected chi connectivity index (χ4v) is 11.9. The van der Waals surface area contributed by atoms with Crippen LogP contribution in [0.4, 0.5) is 0 Å². The van der Waals surface area contributed by atoms with E-state index in [2.05, 4.69) is 19.2 Å². The van der Waals surface area contributed by atoms with E-state index < -0.39 is 86.8 Å². The van der Waals surface area contributed by atoms with Crippen molar-refractivity contribution in [2.24, 2.45) is 0 Å². The van der Waals surface area contributed by atoms with Crippen LogP contribution in [0.3, 0.4) is 0 Å². The van der Waals surface area contributed by atoms with E-state index in [1.54, 1.807) is 6.08 Å². The van der Waals surface area contributed by atoms with Crippen LogP contribution in [-0.4, -0.2) is 140 Å². The molecule has 9 N–H and O–H groups in total. The van der Waals surface area contributed by atoms with Gasteiger partial charge in [0, 0.05) is 6.42 Å². The molecule has 0 bridgehead atoms. The standard InChI is InChI=1S/C68H131NO13/c1-3-5-7-9-11-13-15-17-18-19-20-21-22-23-24-25-26-27-28-29-30-31-32-33-34-35-36-37-38-39-40-42-44-46-48-50-52-60(73)69-56(57(72)51-49-47-45-43-41-16-14-12-10-8-6-4-2)55-79-67-65(78)63(76)66(59(54-71)81-67)82-68-64(77)62(75)61(74)58(53-70)80-68/h49,51,56-59,61-68,70-72,74-78H,3-48,50,52-55H2,1-2H3,(H,69,73)/b51-49+. The van der Waals surface area contributed by atoms with E-state index in [9.17, 15) is 45.6 Å². The Morgan fingerprint density at radius 3 is 1.12 bits per heavy atom.